The van der Waals surface area contributed by atoms with Crippen molar-refractivity contribution >= 4 is 11.8 Å². The molecule has 0 aromatic heterocycles. The van der Waals surface area contributed by atoms with Gasteiger partial charge in [0.15, 0.2) is 0 Å². The van der Waals surface area contributed by atoms with Crippen LogP contribution in [0.15, 0.2) is 0 Å². The summed E-state index contributed by atoms with van der Waals surface area (Å²) in [4.78, 5) is 25.2. The van der Waals surface area contributed by atoms with Crippen LogP contribution in [0.1, 0.15) is 19.8 Å². The molecule has 1 atom stereocenters. The van der Waals surface area contributed by atoms with E-state index in [1.807, 2.05) is 6.92 Å². The van der Waals surface area contributed by atoms with E-state index in [2.05, 4.69) is 10.6 Å². The number of hydrogen-bond donors (Lipinski definition) is 2. The standard InChI is InChI=1S/C12H23N3O2/c1-9(11(16)13-2)8-15(3)12(17)10-4-6-14-7-5-10/h9-10,14H,4-8H2,1-3H3,(H,13,16). The second kappa shape index (κ2) is 6.59. The molecule has 1 aliphatic rings. The maximum absolute atomic E-state index is 12.1. The molecule has 1 rings (SSSR count). The summed E-state index contributed by atoms with van der Waals surface area (Å²) < 4.78 is 0. The smallest absolute Gasteiger partial charge is 0.225 e. The average Bonchev–Trinajstić information content (AvgIpc) is 2.37. The number of amides is 2. The summed E-state index contributed by atoms with van der Waals surface area (Å²) in [6, 6.07) is 0. The molecule has 0 aromatic rings. The minimum atomic E-state index is -0.157. The largest absolute Gasteiger partial charge is 0.359 e. The minimum absolute atomic E-state index is 0.0186. The van der Waals surface area contributed by atoms with Crippen LogP contribution in [0.2, 0.25) is 0 Å². The van der Waals surface area contributed by atoms with E-state index in [0.717, 1.165) is 25.9 Å². The first-order valence-electron chi connectivity index (χ1n) is 6.23. The Morgan fingerprint density at radius 3 is 2.53 bits per heavy atom. The van der Waals surface area contributed by atoms with Crippen LogP contribution >= 0.6 is 0 Å². The van der Waals surface area contributed by atoms with E-state index in [-0.39, 0.29) is 23.7 Å². The zero-order chi connectivity index (χ0) is 12.8. The van der Waals surface area contributed by atoms with Crippen molar-refractivity contribution in [2.75, 3.05) is 33.7 Å². The molecule has 5 nitrogen and oxygen atoms in total. The monoisotopic (exact) mass is 241 g/mol. The van der Waals surface area contributed by atoms with Gasteiger partial charge in [-0.05, 0) is 25.9 Å². The summed E-state index contributed by atoms with van der Waals surface area (Å²) in [6.45, 7) is 4.15. The summed E-state index contributed by atoms with van der Waals surface area (Å²) in [5.41, 5.74) is 0. The average molecular weight is 241 g/mol. The number of hydrogen-bond acceptors (Lipinski definition) is 3. The molecular formula is C12H23N3O2. The molecular weight excluding hydrogens is 218 g/mol. The molecule has 0 radical (unpaired) electrons. The van der Waals surface area contributed by atoms with Gasteiger partial charge in [-0.15, -0.1) is 0 Å². The predicted molar refractivity (Wildman–Crippen MR) is 66.5 cm³/mol. The maximum atomic E-state index is 12.1. The van der Waals surface area contributed by atoms with Gasteiger partial charge in [0.25, 0.3) is 0 Å². The van der Waals surface area contributed by atoms with Crippen molar-refractivity contribution in [3.63, 3.8) is 0 Å². The highest BCUT2D eigenvalue weighted by Crippen LogP contribution is 2.15. The third-order valence-electron chi connectivity index (χ3n) is 3.31. The van der Waals surface area contributed by atoms with Gasteiger partial charge in [0.2, 0.25) is 11.8 Å². The van der Waals surface area contributed by atoms with Crippen LogP contribution in [-0.4, -0.2) is 50.4 Å². The van der Waals surface area contributed by atoms with Gasteiger partial charge in [0.1, 0.15) is 0 Å². The van der Waals surface area contributed by atoms with E-state index in [1.54, 1.807) is 19.0 Å². The molecule has 0 saturated carbocycles. The number of nitrogens with zero attached hydrogens (tertiary/aromatic N) is 1. The lowest BCUT2D eigenvalue weighted by Gasteiger charge is -2.28. The van der Waals surface area contributed by atoms with E-state index in [9.17, 15) is 9.59 Å². The fourth-order valence-corrected chi connectivity index (χ4v) is 2.21. The van der Waals surface area contributed by atoms with E-state index in [0.29, 0.717) is 6.54 Å². The van der Waals surface area contributed by atoms with E-state index in [4.69, 9.17) is 0 Å². The van der Waals surface area contributed by atoms with Crippen LogP contribution < -0.4 is 10.6 Å². The fraction of sp³-hybridized carbons (Fsp3) is 0.833. The Labute approximate surface area is 103 Å². The third-order valence-corrected chi connectivity index (χ3v) is 3.31. The zero-order valence-electron chi connectivity index (χ0n) is 11.0. The van der Waals surface area contributed by atoms with Crippen molar-refractivity contribution in [3.8, 4) is 0 Å². The normalized spacial score (nSPS) is 18.5. The van der Waals surface area contributed by atoms with Gasteiger partial charge < -0.3 is 15.5 Å². The molecule has 1 unspecified atom stereocenters. The van der Waals surface area contributed by atoms with Crippen molar-refractivity contribution in [2.45, 2.75) is 19.8 Å². The van der Waals surface area contributed by atoms with Crippen molar-refractivity contribution in [1.82, 2.24) is 15.5 Å². The van der Waals surface area contributed by atoms with Crippen molar-refractivity contribution in [3.05, 3.63) is 0 Å². The highest BCUT2D eigenvalue weighted by Gasteiger charge is 2.25. The predicted octanol–water partition coefficient (Wildman–Crippen LogP) is -0.173. The first kappa shape index (κ1) is 14.0. The SMILES string of the molecule is CNC(=O)C(C)CN(C)C(=O)C1CCNCC1. The van der Waals surface area contributed by atoms with Gasteiger partial charge in [0.05, 0.1) is 5.92 Å². The molecule has 1 fully saturated rings. The Bertz CT molecular complexity index is 275. The minimum Gasteiger partial charge on any atom is -0.359 e. The van der Waals surface area contributed by atoms with Crippen LogP contribution in [-0.2, 0) is 9.59 Å². The summed E-state index contributed by atoms with van der Waals surface area (Å²) in [7, 11) is 3.40. The lowest BCUT2D eigenvalue weighted by molar-refractivity contribution is -0.136. The Morgan fingerprint density at radius 1 is 1.41 bits per heavy atom. The molecule has 0 aliphatic carbocycles. The molecule has 5 heteroatoms. The van der Waals surface area contributed by atoms with Gasteiger partial charge in [-0.3, -0.25) is 9.59 Å². The number of nitrogens with one attached hydrogen (secondary N) is 2. The first-order chi connectivity index (χ1) is 8.06. The molecule has 0 spiro atoms. The molecule has 0 aromatic carbocycles. The maximum Gasteiger partial charge on any atom is 0.225 e. The van der Waals surface area contributed by atoms with E-state index in [1.165, 1.54) is 0 Å². The van der Waals surface area contributed by atoms with Crippen LogP contribution in [0.3, 0.4) is 0 Å². The summed E-state index contributed by atoms with van der Waals surface area (Å²) in [5, 5.41) is 5.84. The Balaban J connectivity index is 2.43. The lowest BCUT2D eigenvalue weighted by Crippen LogP contribution is -2.42. The summed E-state index contributed by atoms with van der Waals surface area (Å²) >= 11 is 0. The van der Waals surface area contributed by atoms with Crippen molar-refractivity contribution < 1.29 is 9.59 Å². The zero-order valence-corrected chi connectivity index (χ0v) is 11.0. The van der Waals surface area contributed by atoms with Gasteiger partial charge in [0, 0.05) is 26.6 Å². The summed E-state index contributed by atoms with van der Waals surface area (Å²) in [5.74, 6) is 0.117. The quantitative estimate of drug-likeness (QED) is 0.718. The molecule has 98 valence electrons. The van der Waals surface area contributed by atoms with Crippen LogP contribution in [0.25, 0.3) is 0 Å². The van der Waals surface area contributed by atoms with Crippen LogP contribution in [0.4, 0.5) is 0 Å². The molecule has 0 bridgehead atoms. The van der Waals surface area contributed by atoms with Gasteiger partial charge >= 0.3 is 0 Å². The van der Waals surface area contributed by atoms with Gasteiger partial charge in [-0.25, -0.2) is 0 Å². The highest BCUT2D eigenvalue weighted by molar-refractivity contribution is 5.81. The summed E-state index contributed by atoms with van der Waals surface area (Å²) in [6.07, 6.45) is 1.80. The van der Waals surface area contributed by atoms with E-state index >= 15 is 0 Å². The second-order valence-corrected chi connectivity index (χ2v) is 4.76. The molecule has 1 heterocycles. The van der Waals surface area contributed by atoms with Crippen LogP contribution in [0.5, 0.6) is 0 Å². The molecule has 17 heavy (non-hydrogen) atoms. The second-order valence-electron chi connectivity index (χ2n) is 4.76. The van der Waals surface area contributed by atoms with Gasteiger partial charge in [-0.2, -0.15) is 0 Å². The number of rotatable bonds is 4. The lowest BCUT2D eigenvalue weighted by atomic mass is 9.96. The molecule has 1 aliphatic heterocycles. The first-order valence-corrected chi connectivity index (χ1v) is 6.23. The Morgan fingerprint density at radius 2 is 2.00 bits per heavy atom. The Kier molecular flexibility index (Phi) is 5.41. The van der Waals surface area contributed by atoms with Crippen molar-refractivity contribution in [2.24, 2.45) is 11.8 Å². The molecule has 2 N–H and O–H groups in total. The fourth-order valence-electron chi connectivity index (χ4n) is 2.21. The van der Waals surface area contributed by atoms with Gasteiger partial charge in [-0.1, -0.05) is 6.92 Å². The number of carbonyl (C=O) groups is 2. The topological polar surface area (TPSA) is 61.4 Å². The van der Waals surface area contributed by atoms with Crippen LogP contribution in [0, 0.1) is 11.8 Å². The Hall–Kier alpha value is -1.10. The highest BCUT2D eigenvalue weighted by atomic mass is 16.2. The molecule has 1 saturated heterocycles. The third kappa shape index (κ3) is 4.00. The molecule has 2 amide bonds. The van der Waals surface area contributed by atoms with E-state index < -0.39 is 0 Å². The number of carbonyl (C=O) groups excluding carboxylic acids is 2. The number of piperidine rings is 1. The van der Waals surface area contributed by atoms with Crippen molar-refractivity contribution in [1.29, 1.82) is 0 Å².